The van der Waals surface area contributed by atoms with Crippen LogP contribution in [0, 0.1) is 5.41 Å². The summed E-state index contributed by atoms with van der Waals surface area (Å²) in [4.78, 5) is 2.61. The molecule has 0 amide bonds. The zero-order valence-corrected chi connectivity index (χ0v) is 13.0. The van der Waals surface area contributed by atoms with Crippen LogP contribution < -0.4 is 5.32 Å². The van der Waals surface area contributed by atoms with Gasteiger partial charge in [0.2, 0.25) is 0 Å². The van der Waals surface area contributed by atoms with E-state index < -0.39 is 0 Å². The van der Waals surface area contributed by atoms with E-state index >= 15 is 0 Å². The summed E-state index contributed by atoms with van der Waals surface area (Å²) in [6.07, 6.45) is 5.31. The highest BCUT2D eigenvalue weighted by Crippen LogP contribution is 2.25. The van der Waals surface area contributed by atoms with E-state index in [-0.39, 0.29) is 0 Å². The molecule has 2 atom stereocenters. The van der Waals surface area contributed by atoms with E-state index in [4.69, 9.17) is 0 Å². The molecule has 1 aromatic heterocycles. The number of nitrogens with one attached hydrogen (secondary N) is 1. The van der Waals surface area contributed by atoms with Crippen molar-refractivity contribution in [2.45, 2.75) is 52.7 Å². The predicted octanol–water partition coefficient (Wildman–Crippen LogP) is 2.02. The Labute approximate surface area is 117 Å². The van der Waals surface area contributed by atoms with Gasteiger partial charge in [-0.3, -0.25) is 9.58 Å². The molecule has 1 saturated heterocycles. The summed E-state index contributed by atoms with van der Waals surface area (Å²) < 4.78 is 1.89. The Morgan fingerprint density at radius 3 is 2.68 bits per heavy atom. The molecular weight excluding hydrogens is 236 g/mol. The SMILES string of the molecule is CCC1CNC(C(C)(C)C)CN1Cc1cnn(C)c1. The van der Waals surface area contributed by atoms with E-state index in [1.165, 1.54) is 12.0 Å². The number of aryl methyl sites for hydroxylation is 1. The summed E-state index contributed by atoms with van der Waals surface area (Å²) in [6, 6.07) is 1.20. The molecule has 1 aliphatic rings. The molecule has 2 heterocycles. The average Bonchev–Trinajstić information content (AvgIpc) is 2.73. The van der Waals surface area contributed by atoms with Gasteiger partial charge in [0.1, 0.15) is 0 Å². The molecule has 4 nitrogen and oxygen atoms in total. The fraction of sp³-hybridized carbons (Fsp3) is 0.800. The number of aromatic nitrogens is 2. The molecule has 1 aromatic rings. The Morgan fingerprint density at radius 1 is 1.42 bits per heavy atom. The van der Waals surface area contributed by atoms with Gasteiger partial charge in [0.25, 0.3) is 0 Å². The van der Waals surface area contributed by atoms with E-state index in [9.17, 15) is 0 Å². The van der Waals surface area contributed by atoms with Gasteiger partial charge in [0.05, 0.1) is 6.20 Å². The number of nitrogens with zero attached hydrogens (tertiary/aromatic N) is 3. The Hall–Kier alpha value is -0.870. The third-order valence-corrected chi connectivity index (χ3v) is 4.19. The van der Waals surface area contributed by atoms with Gasteiger partial charge in [-0.25, -0.2) is 0 Å². The molecule has 4 heteroatoms. The number of hydrogen-bond acceptors (Lipinski definition) is 3. The fourth-order valence-corrected chi connectivity index (χ4v) is 2.82. The third kappa shape index (κ3) is 3.57. The first-order chi connectivity index (χ1) is 8.90. The second-order valence-corrected chi connectivity index (χ2v) is 6.84. The predicted molar refractivity (Wildman–Crippen MR) is 78.9 cm³/mol. The van der Waals surface area contributed by atoms with Crippen molar-refractivity contribution in [2.75, 3.05) is 13.1 Å². The zero-order valence-electron chi connectivity index (χ0n) is 13.0. The smallest absolute Gasteiger partial charge is 0.0534 e. The van der Waals surface area contributed by atoms with Gasteiger partial charge in [-0.15, -0.1) is 0 Å². The van der Waals surface area contributed by atoms with Gasteiger partial charge in [-0.1, -0.05) is 27.7 Å². The van der Waals surface area contributed by atoms with Gasteiger partial charge in [-0.2, -0.15) is 5.10 Å². The van der Waals surface area contributed by atoms with E-state index in [2.05, 4.69) is 49.2 Å². The molecule has 0 aliphatic carbocycles. The van der Waals surface area contributed by atoms with Gasteiger partial charge in [0, 0.05) is 50.5 Å². The lowest BCUT2D eigenvalue weighted by Gasteiger charge is -2.44. The molecule has 1 N–H and O–H groups in total. The molecule has 0 saturated carbocycles. The first kappa shape index (κ1) is 14.5. The fourth-order valence-electron chi connectivity index (χ4n) is 2.82. The number of hydrogen-bond donors (Lipinski definition) is 1. The van der Waals surface area contributed by atoms with Crippen LogP contribution in [0.5, 0.6) is 0 Å². The Morgan fingerprint density at radius 2 is 2.16 bits per heavy atom. The Kier molecular flexibility index (Phi) is 4.31. The van der Waals surface area contributed by atoms with Crippen molar-refractivity contribution in [1.82, 2.24) is 20.0 Å². The zero-order chi connectivity index (χ0) is 14.0. The minimum atomic E-state index is 0.311. The standard InChI is InChI=1S/C15H28N4/c1-6-13-8-16-14(15(2,3)4)11-19(13)10-12-7-17-18(5)9-12/h7,9,13-14,16H,6,8,10-11H2,1-5H3. The van der Waals surface area contributed by atoms with Gasteiger partial charge < -0.3 is 5.32 Å². The van der Waals surface area contributed by atoms with Crippen molar-refractivity contribution in [3.05, 3.63) is 18.0 Å². The summed E-state index contributed by atoms with van der Waals surface area (Å²) in [6.45, 7) is 12.5. The van der Waals surface area contributed by atoms with E-state index in [0.717, 1.165) is 19.6 Å². The minimum Gasteiger partial charge on any atom is -0.311 e. The molecule has 19 heavy (non-hydrogen) atoms. The normalized spacial score (nSPS) is 25.7. The van der Waals surface area contributed by atoms with Crippen molar-refractivity contribution in [3.8, 4) is 0 Å². The lowest BCUT2D eigenvalue weighted by Crippen LogP contribution is -2.59. The van der Waals surface area contributed by atoms with Crippen molar-refractivity contribution < 1.29 is 0 Å². The van der Waals surface area contributed by atoms with Crippen LogP contribution in [0.3, 0.4) is 0 Å². The third-order valence-electron chi connectivity index (χ3n) is 4.19. The van der Waals surface area contributed by atoms with Crippen molar-refractivity contribution in [1.29, 1.82) is 0 Å². The summed E-state index contributed by atoms with van der Waals surface area (Å²) >= 11 is 0. The summed E-state index contributed by atoms with van der Waals surface area (Å²) in [5.41, 5.74) is 1.63. The van der Waals surface area contributed by atoms with Gasteiger partial charge in [0.15, 0.2) is 0 Å². The van der Waals surface area contributed by atoms with Crippen LogP contribution in [0.1, 0.15) is 39.7 Å². The maximum atomic E-state index is 4.28. The average molecular weight is 264 g/mol. The van der Waals surface area contributed by atoms with Crippen LogP contribution in [-0.4, -0.2) is 39.9 Å². The van der Waals surface area contributed by atoms with Crippen molar-refractivity contribution >= 4 is 0 Å². The maximum absolute atomic E-state index is 4.28. The van der Waals surface area contributed by atoms with Crippen molar-refractivity contribution in [2.24, 2.45) is 12.5 Å². The van der Waals surface area contributed by atoms with Gasteiger partial charge in [-0.05, 0) is 11.8 Å². The maximum Gasteiger partial charge on any atom is 0.0534 e. The Balaban J connectivity index is 2.05. The monoisotopic (exact) mass is 264 g/mol. The number of rotatable bonds is 3. The van der Waals surface area contributed by atoms with Crippen LogP contribution in [0.25, 0.3) is 0 Å². The Bertz CT molecular complexity index is 405. The lowest BCUT2D eigenvalue weighted by molar-refractivity contribution is 0.0775. The van der Waals surface area contributed by atoms with Crippen LogP contribution in [-0.2, 0) is 13.6 Å². The highest BCUT2D eigenvalue weighted by atomic mass is 15.3. The van der Waals surface area contributed by atoms with Crippen LogP contribution >= 0.6 is 0 Å². The van der Waals surface area contributed by atoms with E-state index in [1.54, 1.807) is 0 Å². The molecule has 1 fully saturated rings. The second-order valence-electron chi connectivity index (χ2n) is 6.84. The highest BCUT2D eigenvalue weighted by molar-refractivity contribution is 5.05. The molecule has 108 valence electrons. The van der Waals surface area contributed by atoms with E-state index in [0.29, 0.717) is 17.5 Å². The summed E-state index contributed by atoms with van der Waals surface area (Å²) in [7, 11) is 1.98. The molecule has 1 aliphatic heterocycles. The molecule has 2 rings (SSSR count). The quantitative estimate of drug-likeness (QED) is 0.906. The van der Waals surface area contributed by atoms with Gasteiger partial charge >= 0.3 is 0 Å². The van der Waals surface area contributed by atoms with Crippen LogP contribution in [0.4, 0.5) is 0 Å². The first-order valence-electron chi connectivity index (χ1n) is 7.35. The highest BCUT2D eigenvalue weighted by Gasteiger charge is 2.33. The van der Waals surface area contributed by atoms with Crippen LogP contribution in [0.2, 0.25) is 0 Å². The molecule has 0 bridgehead atoms. The lowest BCUT2D eigenvalue weighted by atomic mass is 9.84. The molecular formula is C15H28N4. The molecule has 0 radical (unpaired) electrons. The second kappa shape index (κ2) is 5.63. The minimum absolute atomic E-state index is 0.311. The van der Waals surface area contributed by atoms with Crippen LogP contribution in [0.15, 0.2) is 12.4 Å². The topological polar surface area (TPSA) is 33.1 Å². The first-order valence-corrected chi connectivity index (χ1v) is 7.35. The largest absolute Gasteiger partial charge is 0.311 e. The van der Waals surface area contributed by atoms with Crippen molar-refractivity contribution in [3.63, 3.8) is 0 Å². The molecule has 2 unspecified atom stereocenters. The molecule has 0 spiro atoms. The summed E-state index contributed by atoms with van der Waals surface area (Å²) in [5.74, 6) is 0. The molecule has 0 aromatic carbocycles. The van der Waals surface area contributed by atoms with E-state index in [1.807, 2.05) is 17.9 Å². The summed E-state index contributed by atoms with van der Waals surface area (Å²) in [5, 5.41) is 7.99. The number of piperazine rings is 1.